The van der Waals surface area contributed by atoms with E-state index in [2.05, 4.69) is 30.5 Å². The van der Waals surface area contributed by atoms with Crippen LogP contribution in [0.3, 0.4) is 0 Å². The number of nitrogens with one attached hydrogen (secondary N) is 1. The lowest BCUT2D eigenvalue weighted by Gasteiger charge is -2.03. The van der Waals surface area contributed by atoms with E-state index >= 15 is 0 Å². The third kappa shape index (κ3) is 6.32. The molecule has 2 aromatic heterocycles. The van der Waals surface area contributed by atoms with Crippen LogP contribution < -0.4 is 16.9 Å². The summed E-state index contributed by atoms with van der Waals surface area (Å²) in [5.41, 5.74) is 13.4. The minimum atomic E-state index is -0.761. The molecule has 1 aromatic carbocycles. The summed E-state index contributed by atoms with van der Waals surface area (Å²) in [5, 5.41) is 25.6. The summed E-state index contributed by atoms with van der Waals surface area (Å²) in [5.74, 6) is 0.00193. The van der Waals surface area contributed by atoms with Crippen LogP contribution in [0.15, 0.2) is 29.5 Å². The van der Waals surface area contributed by atoms with Gasteiger partial charge in [-0.3, -0.25) is 29.9 Å². The average Bonchev–Trinajstić information content (AvgIpc) is 2.67. The highest BCUT2D eigenvalue weighted by Crippen LogP contribution is 2.28. The second-order valence-corrected chi connectivity index (χ2v) is 7.24. The Hall–Kier alpha value is -4.34. The molecular formula is C15H16N10O5S. The van der Waals surface area contributed by atoms with Gasteiger partial charge in [0.05, 0.1) is 28.3 Å². The Kier molecular flexibility index (Phi) is 7.34. The molecule has 0 atom stereocenters. The van der Waals surface area contributed by atoms with Crippen molar-refractivity contribution in [3.05, 3.63) is 50.3 Å². The summed E-state index contributed by atoms with van der Waals surface area (Å²) in [6.45, 7) is 0. The zero-order chi connectivity index (χ0) is 23.1. The van der Waals surface area contributed by atoms with Crippen molar-refractivity contribution in [2.24, 2.45) is 5.10 Å². The zero-order valence-corrected chi connectivity index (χ0v) is 16.9. The first kappa shape index (κ1) is 22.9. The van der Waals surface area contributed by atoms with Crippen LogP contribution in [0.2, 0.25) is 0 Å². The normalized spacial score (nSPS) is 10.7. The minimum Gasteiger partial charge on any atom is -0.382 e. The molecule has 0 fully saturated rings. The van der Waals surface area contributed by atoms with Crippen molar-refractivity contribution in [1.82, 2.24) is 19.9 Å². The average molecular weight is 448 g/mol. The number of nitrogen functional groups attached to an aromatic ring is 2. The monoisotopic (exact) mass is 448 g/mol. The molecule has 0 amide bonds. The fraction of sp³-hybridized carbons (Fsp3) is 0.133. The smallest absolute Gasteiger partial charge is 0.301 e. The van der Waals surface area contributed by atoms with Crippen LogP contribution in [0.4, 0.5) is 28.8 Å². The highest BCUT2D eigenvalue weighted by Gasteiger charge is 2.19. The number of anilines is 3. The van der Waals surface area contributed by atoms with Crippen LogP contribution in [0, 0.1) is 20.2 Å². The van der Waals surface area contributed by atoms with Crippen molar-refractivity contribution in [3.8, 4) is 0 Å². The third-order valence-corrected chi connectivity index (χ3v) is 3.24. The summed E-state index contributed by atoms with van der Waals surface area (Å²) in [4.78, 5) is 36.2. The number of non-ortho nitro benzene ring substituents is 1. The van der Waals surface area contributed by atoms with E-state index in [4.69, 9.17) is 11.5 Å². The summed E-state index contributed by atoms with van der Waals surface area (Å²) in [7, 11) is -0.611. The van der Waals surface area contributed by atoms with Gasteiger partial charge in [0, 0.05) is 29.4 Å². The maximum Gasteiger partial charge on any atom is 0.301 e. The van der Waals surface area contributed by atoms with Crippen molar-refractivity contribution < 1.29 is 14.1 Å². The Morgan fingerprint density at radius 2 is 1.81 bits per heavy atom. The molecule has 16 heteroatoms. The first-order chi connectivity index (χ1) is 14.6. The predicted molar refractivity (Wildman–Crippen MR) is 115 cm³/mol. The van der Waals surface area contributed by atoms with E-state index in [0.717, 1.165) is 12.1 Å². The van der Waals surface area contributed by atoms with E-state index < -0.39 is 32.0 Å². The van der Waals surface area contributed by atoms with E-state index in [1.54, 1.807) is 12.5 Å². The summed E-state index contributed by atoms with van der Waals surface area (Å²) < 4.78 is 9.56. The Morgan fingerprint density at radius 1 is 1.13 bits per heavy atom. The number of hydrogen-bond acceptors (Lipinski definition) is 13. The number of hydrogen-bond donors (Lipinski definition) is 3. The molecule has 0 unspecified atom stereocenters. The molecule has 0 bridgehead atoms. The van der Waals surface area contributed by atoms with Crippen LogP contribution in [0.25, 0.3) is 11.2 Å². The molecule has 0 radical (unpaired) electrons. The van der Waals surface area contributed by atoms with Crippen molar-refractivity contribution in [2.45, 2.75) is 0 Å². The maximum atomic E-state index is 11.1. The van der Waals surface area contributed by atoms with Crippen LogP contribution >= 0.6 is 0 Å². The Bertz CT molecular complexity index is 1200. The molecule has 0 aliphatic rings. The SMILES string of the molecule is CS(C)=O.Nc1nc(N)c2nc(/C=N/Nc3ccc([N+](=O)[O-])cc3[N+](=O)[O-])cnc2n1. The molecular weight excluding hydrogens is 432 g/mol. The number of nitrogens with two attached hydrogens (primary N) is 2. The first-order valence-electron chi connectivity index (χ1n) is 8.11. The molecule has 15 nitrogen and oxygen atoms in total. The predicted octanol–water partition coefficient (Wildman–Crippen LogP) is 0.841. The highest BCUT2D eigenvalue weighted by molar-refractivity contribution is 7.83. The van der Waals surface area contributed by atoms with Gasteiger partial charge >= 0.3 is 5.69 Å². The molecule has 162 valence electrons. The van der Waals surface area contributed by atoms with Gasteiger partial charge < -0.3 is 11.5 Å². The van der Waals surface area contributed by atoms with Crippen LogP contribution in [-0.4, -0.2) is 52.7 Å². The van der Waals surface area contributed by atoms with Gasteiger partial charge in [0.25, 0.3) is 5.69 Å². The van der Waals surface area contributed by atoms with E-state index in [9.17, 15) is 24.4 Å². The lowest BCUT2D eigenvalue weighted by Crippen LogP contribution is -2.04. The van der Waals surface area contributed by atoms with Gasteiger partial charge in [0.15, 0.2) is 17.0 Å². The molecule has 2 heterocycles. The quantitative estimate of drug-likeness (QED) is 0.280. The van der Waals surface area contributed by atoms with E-state index in [-0.39, 0.29) is 34.3 Å². The maximum absolute atomic E-state index is 11.1. The van der Waals surface area contributed by atoms with Gasteiger partial charge in [-0.15, -0.1) is 0 Å². The zero-order valence-electron chi connectivity index (χ0n) is 16.1. The minimum absolute atomic E-state index is 0.0359. The lowest BCUT2D eigenvalue weighted by atomic mass is 10.2. The standard InChI is InChI=1S/C13H10N10O4.C2H6OS/c14-11-10-12(20-13(15)19-11)16-4-6(18-10)5-17-21-8-2-1-7(22(24)25)3-9(8)23(26)27;1-4(2)3/h1-5,21H,(H4,14,15,16,19,20);1-2H3/b17-5+;. The second kappa shape index (κ2) is 9.92. The fourth-order valence-corrected chi connectivity index (χ4v) is 2.07. The Labute approximate surface area is 176 Å². The van der Waals surface area contributed by atoms with Crippen molar-refractivity contribution >= 4 is 57.0 Å². The van der Waals surface area contributed by atoms with E-state index in [1.807, 2.05) is 0 Å². The van der Waals surface area contributed by atoms with Gasteiger partial charge in [-0.25, -0.2) is 9.97 Å². The highest BCUT2D eigenvalue weighted by atomic mass is 32.2. The lowest BCUT2D eigenvalue weighted by molar-refractivity contribution is -0.393. The summed E-state index contributed by atoms with van der Waals surface area (Å²) in [6, 6.07) is 3.12. The Balaban J connectivity index is 0.000000785. The van der Waals surface area contributed by atoms with Gasteiger partial charge in [0.2, 0.25) is 5.95 Å². The molecule has 31 heavy (non-hydrogen) atoms. The van der Waals surface area contributed by atoms with E-state index in [0.29, 0.717) is 0 Å². The van der Waals surface area contributed by atoms with Crippen LogP contribution in [0.5, 0.6) is 0 Å². The third-order valence-electron chi connectivity index (χ3n) is 3.24. The fourth-order valence-electron chi connectivity index (χ4n) is 2.07. The molecule has 0 spiro atoms. The molecule has 5 N–H and O–H groups in total. The molecule has 0 aliphatic heterocycles. The largest absolute Gasteiger partial charge is 0.382 e. The van der Waals surface area contributed by atoms with Gasteiger partial charge in [0.1, 0.15) is 11.4 Å². The number of nitro benzene ring substituents is 2. The second-order valence-electron chi connectivity index (χ2n) is 5.76. The Morgan fingerprint density at radius 3 is 2.42 bits per heavy atom. The molecule has 0 saturated carbocycles. The molecule has 3 aromatic rings. The summed E-state index contributed by atoms with van der Waals surface area (Å²) in [6.07, 6.45) is 5.84. The number of benzene rings is 1. The molecule has 0 saturated heterocycles. The van der Waals surface area contributed by atoms with E-state index in [1.165, 1.54) is 18.5 Å². The molecule has 3 rings (SSSR count). The van der Waals surface area contributed by atoms with Gasteiger partial charge in [-0.05, 0) is 6.07 Å². The van der Waals surface area contributed by atoms with Crippen LogP contribution in [-0.2, 0) is 10.8 Å². The molecule has 0 aliphatic carbocycles. The number of fused-ring (bicyclic) bond motifs is 1. The van der Waals surface area contributed by atoms with Crippen molar-refractivity contribution in [2.75, 3.05) is 29.4 Å². The number of aromatic nitrogens is 4. The number of nitro groups is 2. The number of hydrazone groups is 1. The summed E-state index contributed by atoms with van der Waals surface area (Å²) >= 11 is 0. The van der Waals surface area contributed by atoms with Gasteiger partial charge in [-0.1, -0.05) is 0 Å². The van der Waals surface area contributed by atoms with Crippen LogP contribution in [0.1, 0.15) is 5.69 Å². The van der Waals surface area contributed by atoms with Crippen molar-refractivity contribution in [3.63, 3.8) is 0 Å². The number of rotatable bonds is 5. The van der Waals surface area contributed by atoms with Gasteiger partial charge in [-0.2, -0.15) is 15.1 Å². The number of nitrogens with zero attached hydrogens (tertiary/aromatic N) is 7. The topological polar surface area (TPSA) is 231 Å². The van der Waals surface area contributed by atoms with Crippen molar-refractivity contribution in [1.29, 1.82) is 0 Å². The first-order valence-corrected chi connectivity index (χ1v) is 10.1.